The predicted molar refractivity (Wildman–Crippen MR) is 178 cm³/mol. The number of carbonyl (C=O) groups is 2. The van der Waals surface area contributed by atoms with Gasteiger partial charge in [-0.3, -0.25) is 0 Å². The Balaban J connectivity index is 1.55. The number of halogens is 1. The van der Waals surface area contributed by atoms with E-state index >= 15 is 0 Å². The Morgan fingerprint density at radius 2 is 1.35 bits per heavy atom. The first-order valence-electron chi connectivity index (χ1n) is 14.6. The molecule has 224 valence electrons. The van der Waals surface area contributed by atoms with Crippen LogP contribution in [0.25, 0.3) is 0 Å². The van der Waals surface area contributed by atoms with Crippen LogP contribution >= 0.6 is 23.2 Å². The number of hydrogen-bond acceptors (Lipinski definition) is 5. The number of ether oxygens (including phenoxy) is 3. The zero-order valence-corrected chi connectivity index (χ0v) is 27.1. The van der Waals surface area contributed by atoms with Crippen molar-refractivity contribution >= 4 is 51.2 Å². The van der Waals surface area contributed by atoms with Crippen LogP contribution in [0.5, 0.6) is 11.5 Å². The van der Waals surface area contributed by atoms with Gasteiger partial charge in [-0.15, -0.1) is 0 Å². The molecule has 0 radical (unpaired) electrons. The van der Waals surface area contributed by atoms with E-state index < -0.39 is 7.26 Å². The average molecular weight is 663 g/mol. The summed E-state index contributed by atoms with van der Waals surface area (Å²) in [6.45, 7) is 3.04. The van der Waals surface area contributed by atoms with Crippen molar-refractivity contribution in [3.05, 3.63) is 113 Å². The topological polar surface area (TPSA) is 65.1 Å². The van der Waals surface area contributed by atoms with Crippen molar-refractivity contribution in [3.8, 4) is 11.5 Å². The monoisotopic (exact) mass is 661 g/mol. The molecule has 0 spiro atoms. The van der Waals surface area contributed by atoms with E-state index in [4.69, 9.17) is 14.2 Å². The van der Waals surface area contributed by atoms with Crippen molar-refractivity contribution in [3.63, 3.8) is 0 Å². The Kier molecular flexibility index (Phi) is 10.2. The van der Waals surface area contributed by atoms with Crippen molar-refractivity contribution in [1.82, 2.24) is 4.90 Å². The fourth-order valence-electron chi connectivity index (χ4n) is 5.94. The number of carbonyl (C=O) groups excluding carboxylic acids is 2. The predicted octanol–water partition coefficient (Wildman–Crippen LogP) is 6.46. The van der Waals surface area contributed by atoms with Gasteiger partial charge in [0, 0.05) is 0 Å². The van der Waals surface area contributed by atoms with Crippen molar-refractivity contribution in [1.29, 1.82) is 0 Å². The van der Waals surface area contributed by atoms with Gasteiger partial charge in [0.1, 0.15) is 0 Å². The molecule has 0 bridgehead atoms. The molecule has 1 saturated heterocycles. The van der Waals surface area contributed by atoms with Crippen LogP contribution in [-0.2, 0) is 15.7 Å². The van der Waals surface area contributed by atoms with Gasteiger partial charge in [-0.2, -0.15) is 0 Å². The Labute approximate surface area is 262 Å². The molecule has 4 aromatic carbocycles. The fraction of sp³-hybridized carbons (Fsp3) is 0.257. The Morgan fingerprint density at radius 1 is 0.837 bits per heavy atom. The van der Waals surface area contributed by atoms with Gasteiger partial charge in [0.25, 0.3) is 0 Å². The summed E-state index contributed by atoms with van der Waals surface area (Å²) < 4.78 is 17.8. The second kappa shape index (κ2) is 14.2. The van der Waals surface area contributed by atoms with Crippen LogP contribution in [0.4, 0.5) is 4.79 Å². The summed E-state index contributed by atoms with van der Waals surface area (Å²) in [5.74, 6) is 0.591. The maximum absolute atomic E-state index is 13.6. The average Bonchev–Trinajstić information content (AvgIpc) is 3.06. The summed E-state index contributed by atoms with van der Waals surface area (Å²) in [5.41, 5.74) is 0.895. The molecule has 4 aromatic rings. The number of amides is 1. The molecule has 6 nitrogen and oxygen atoms in total. The molecule has 43 heavy (non-hydrogen) atoms. The summed E-state index contributed by atoms with van der Waals surface area (Å²) in [6, 6.07) is 35.8. The number of hydrogen-bond donors (Lipinski definition) is 0. The molecular weight excluding hydrogens is 625 g/mol. The third kappa shape index (κ3) is 6.79. The van der Waals surface area contributed by atoms with E-state index in [9.17, 15) is 9.59 Å². The molecule has 0 aromatic heterocycles. The summed E-state index contributed by atoms with van der Waals surface area (Å²) in [7, 11) is -1.06. The molecule has 1 aliphatic heterocycles. The van der Waals surface area contributed by atoms with Gasteiger partial charge in [0.2, 0.25) is 0 Å². The van der Waals surface area contributed by atoms with E-state index in [2.05, 4.69) is 88.7 Å². The van der Waals surface area contributed by atoms with Crippen molar-refractivity contribution in [2.45, 2.75) is 25.9 Å². The van der Waals surface area contributed by atoms with Gasteiger partial charge >= 0.3 is 256 Å². The number of benzene rings is 4. The molecule has 8 heteroatoms. The molecule has 0 aliphatic carbocycles. The van der Waals surface area contributed by atoms with Gasteiger partial charge < -0.3 is 0 Å². The van der Waals surface area contributed by atoms with Crippen LogP contribution < -0.4 is 25.4 Å². The number of likely N-dealkylation sites (tertiary alicyclic amines) is 1. The van der Waals surface area contributed by atoms with Crippen LogP contribution in [0.15, 0.2) is 108 Å². The number of piperidine rings is 1. The molecule has 1 amide bonds. The third-order valence-electron chi connectivity index (χ3n) is 8.14. The minimum atomic E-state index is -2.70. The van der Waals surface area contributed by atoms with Crippen LogP contribution in [0.3, 0.4) is 0 Å². The number of nitrogens with zero attached hydrogens (tertiary/aromatic N) is 1. The molecule has 1 heterocycles. The van der Waals surface area contributed by atoms with Gasteiger partial charge in [0.05, 0.1) is 0 Å². The van der Waals surface area contributed by atoms with Crippen molar-refractivity contribution in [2.24, 2.45) is 5.92 Å². The fourth-order valence-corrected chi connectivity index (χ4v) is 11.2. The molecule has 0 saturated carbocycles. The molecule has 1 fully saturated rings. The molecular formula is C35H37BrNO5P. The van der Waals surface area contributed by atoms with E-state index in [1.165, 1.54) is 15.9 Å². The van der Waals surface area contributed by atoms with Crippen molar-refractivity contribution in [2.75, 3.05) is 26.8 Å². The Morgan fingerprint density at radius 3 is 1.81 bits per heavy atom. The molecule has 5 rings (SSSR count). The van der Waals surface area contributed by atoms with Crippen LogP contribution in [0.2, 0.25) is 0 Å². The standard InChI is InChI=1S/C35H37BrNO5P/c1-3-41-35(39)37-21-19-26(20-22-37)34(38)42-33-27(23-28(40-2)24-32(33)36)25-43(29-13-7-4-8-14-29,30-15-9-5-10-16-30)31-17-11-6-12-18-31/h4-18,23-24,26,43H,3,19-22,25H2,1-2H3. The van der Waals surface area contributed by atoms with Gasteiger partial charge in [-0.1, -0.05) is 0 Å². The number of esters is 1. The minimum absolute atomic E-state index is 0.290. The first kappa shape index (κ1) is 30.8. The van der Waals surface area contributed by atoms with Crippen molar-refractivity contribution < 1.29 is 23.8 Å². The summed E-state index contributed by atoms with van der Waals surface area (Å²) in [6.07, 6.45) is 1.36. The van der Waals surface area contributed by atoms with Crippen LogP contribution in [0, 0.1) is 5.92 Å². The molecule has 0 atom stereocenters. The first-order chi connectivity index (χ1) is 21.0. The molecule has 0 unspecified atom stereocenters. The molecule has 0 N–H and O–H groups in total. The summed E-state index contributed by atoms with van der Waals surface area (Å²) in [5, 5.41) is 3.78. The maximum atomic E-state index is 13.6. The second-order valence-electron chi connectivity index (χ2n) is 10.7. The molecule has 1 aliphatic rings. The Hall–Kier alpha value is -3.67. The quantitative estimate of drug-likeness (QED) is 0.117. The normalized spacial score (nSPS) is 14.2. The SMILES string of the molecule is CCOC(=O)N1CCC(C(=O)Oc2c(Br)cc(OC)cc2C[PH](c2ccccc2)(c2ccccc2)c2ccccc2)CC1. The van der Waals surface area contributed by atoms with Gasteiger partial charge in [-0.05, 0) is 6.92 Å². The van der Waals surface area contributed by atoms with E-state index in [0.717, 1.165) is 5.56 Å². The number of methoxy groups -OCH3 is 1. The van der Waals surface area contributed by atoms with Crippen LogP contribution in [-0.4, -0.2) is 43.8 Å². The zero-order valence-electron chi connectivity index (χ0n) is 24.5. The van der Waals surface area contributed by atoms with Gasteiger partial charge in [0.15, 0.2) is 0 Å². The number of rotatable bonds is 9. The first-order valence-corrected chi connectivity index (χ1v) is 17.6. The van der Waals surface area contributed by atoms with Gasteiger partial charge in [-0.25, -0.2) is 0 Å². The van der Waals surface area contributed by atoms with E-state index in [1.807, 2.05) is 30.3 Å². The zero-order chi connectivity index (χ0) is 30.2. The van der Waals surface area contributed by atoms with Crippen LogP contribution in [0.1, 0.15) is 25.3 Å². The van der Waals surface area contributed by atoms with E-state index in [-0.39, 0.29) is 18.0 Å². The third-order valence-corrected chi connectivity index (χ3v) is 13.6. The summed E-state index contributed by atoms with van der Waals surface area (Å²) in [4.78, 5) is 27.4. The van der Waals surface area contributed by atoms with E-state index in [1.54, 1.807) is 18.9 Å². The summed E-state index contributed by atoms with van der Waals surface area (Å²) >= 11 is 3.70. The Bertz CT molecular complexity index is 1430. The second-order valence-corrected chi connectivity index (χ2v) is 15.4. The van der Waals surface area contributed by atoms with E-state index in [0.29, 0.717) is 54.7 Å².